The minimum absolute atomic E-state index is 0. The lowest BCUT2D eigenvalue weighted by atomic mass is 10.1. The van der Waals surface area contributed by atoms with E-state index in [9.17, 15) is 9.59 Å². The average Bonchev–Trinajstić information content (AvgIpc) is 2.66. The third-order valence-electron chi connectivity index (χ3n) is 2.88. The number of hydrogen-bond acceptors (Lipinski definition) is 3. The highest BCUT2D eigenvalue weighted by Crippen LogP contribution is 2.59. The minimum atomic E-state index is -0.865. The van der Waals surface area contributed by atoms with E-state index in [0.717, 1.165) is 0 Å². The van der Waals surface area contributed by atoms with E-state index >= 15 is 0 Å². The lowest BCUT2D eigenvalue weighted by Gasteiger charge is -1.98. The zero-order chi connectivity index (χ0) is 11.8. The van der Waals surface area contributed by atoms with Crippen molar-refractivity contribution in [3.63, 3.8) is 0 Å². The zero-order valence-electron chi connectivity index (χ0n) is 9.19. The van der Waals surface area contributed by atoms with Crippen molar-refractivity contribution in [2.45, 2.75) is 13.8 Å². The smallest absolute Gasteiger partial charge is 0.349 e. The standard InChI is InChI=1S/C10H13ClO4.ClH/c1-10(2)5(7(10)8(12)13)4-6(11)9(14)15-3;/h4-5,7H,1-3H3,(H,12,13);1H. The Balaban J connectivity index is 0.00000225. The van der Waals surface area contributed by atoms with Gasteiger partial charge in [0.05, 0.1) is 13.0 Å². The summed E-state index contributed by atoms with van der Waals surface area (Å²) in [4.78, 5) is 21.8. The molecule has 1 aliphatic carbocycles. The first-order chi connectivity index (χ1) is 6.82. The maximum Gasteiger partial charge on any atom is 0.349 e. The van der Waals surface area contributed by atoms with E-state index in [4.69, 9.17) is 16.7 Å². The van der Waals surface area contributed by atoms with Crippen molar-refractivity contribution in [1.82, 2.24) is 0 Å². The lowest BCUT2D eigenvalue weighted by molar-refractivity contribution is -0.139. The van der Waals surface area contributed by atoms with Crippen LogP contribution in [0.4, 0.5) is 0 Å². The third kappa shape index (κ3) is 2.68. The SMILES string of the molecule is COC(=O)C(Cl)=CC1C(C(=O)O)C1(C)C.Cl. The van der Waals surface area contributed by atoms with Crippen molar-refractivity contribution in [2.75, 3.05) is 7.11 Å². The van der Waals surface area contributed by atoms with E-state index < -0.39 is 17.9 Å². The van der Waals surface area contributed by atoms with Crippen LogP contribution in [0.25, 0.3) is 0 Å². The predicted molar refractivity (Wildman–Crippen MR) is 61.6 cm³/mol. The van der Waals surface area contributed by atoms with Crippen LogP contribution in [-0.4, -0.2) is 24.2 Å². The van der Waals surface area contributed by atoms with Gasteiger partial charge in [-0.2, -0.15) is 0 Å². The summed E-state index contributed by atoms with van der Waals surface area (Å²) in [6.45, 7) is 3.66. The molecule has 0 heterocycles. The van der Waals surface area contributed by atoms with Gasteiger partial charge in [0.1, 0.15) is 5.03 Å². The first-order valence-electron chi connectivity index (χ1n) is 4.50. The van der Waals surface area contributed by atoms with Gasteiger partial charge in [-0.3, -0.25) is 4.79 Å². The van der Waals surface area contributed by atoms with Crippen LogP contribution in [0.15, 0.2) is 11.1 Å². The van der Waals surface area contributed by atoms with E-state index in [-0.39, 0.29) is 28.8 Å². The van der Waals surface area contributed by atoms with E-state index in [1.165, 1.54) is 13.2 Å². The van der Waals surface area contributed by atoms with Crippen LogP contribution in [0.2, 0.25) is 0 Å². The van der Waals surface area contributed by atoms with Gasteiger partial charge in [-0.1, -0.05) is 31.5 Å². The van der Waals surface area contributed by atoms with Crippen molar-refractivity contribution in [1.29, 1.82) is 0 Å². The van der Waals surface area contributed by atoms with Gasteiger partial charge in [0.2, 0.25) is 0 Å². The summed E-state index contributed by atoms with van der Waals surface area (Å²) in [6, 6.07) is 0. The summed E-state index contributed by atoms with van der Waals surface area (Å²) in [5.41, 5.74) is -0.347. The summed E-state index contributed by atoms with van der Waals surface area (Å²) in [5, 5.41) is 8.82. The second kappa shape index (κ2) is 5.06. The maximum absolute atomic E-state index is 11.0. The molecule has 2 unspecified atom stereocenters. The molecule has 0 aromatic carbocycles. The Labute approximate surface area is 105 Å². The van der Waals surface area contributed by atoms with Gasteiger partial charge in [0.15, 0.2) is 0 Å². The number of carbonyl (C=O) groups is 2. The Hall–Kier alpha value is -0.740. The Morgan fingerprint density at radius 3 is 2.25 bits per heavy atom. The number of aliphatic carboxylic acids is 1. The molecule has 0 radical (unpaired) electrons. The molecule has 0 amide bonds. The average molecular weight is 269 g/mol. The third-order valence-corrected chi connectivity index (χ3v) is 3.16. The first kappa shape index (κ1) is 15.3. The van der Waals surface area contributed by atoms with E-state index in [1.54, 1.807) is 0 Å². The molecule has 6 heteroatoms. The molecule has 1 N–H and O–H groups in total. The van der Waals surface area contributed by atoms with Crippen LogP contribution in [0.1, 0.15) is 13.8 Å². The Morgan fingerprint density at radius 1 is 1.44 bits per heavy atom. The molecule has 16 heavy (non-hydrogen) atoms. The lowest BCUT2D eigenvalue weighted by Crippen LogP contribution is -2.03. The molecule has 0 aliphatic heterocycles. The summed E-state index contributed by atoms with van der Waals surface area (Å²) in [6.07, 6.45) is 1.46. The predicted octanol–water partition coefficient (Wildman–Crippen LogP) is 2.06. The molecule has 0 aromatic heterocycles. The van der Waals surface area contributed by atoms with Gasteiger partial charge in [0, 0.05) is 0 Å². The normalized spacial score (nSPS) is 26.6. The molecule has 1 fully saturated rings. The first-order valence-corrected chi connectivity index (χ1v) is 4.88. The van der Waals surface area contributed by atoms with Gasteiger partial charge >= 0.3 is 11.9 Å². The number of halogens is 2. The molecule has 0 bridgehead atoms. The summed E-state index contributed by atoms with van der Waals surface area (Å²) >= 11 is 5.66. The number of carbonyl (C=O) groups excluding carboxylic acids is 1. The van der Waals surface area contributed by atoms with Crippen LogP contribution in [-0.2, 0) is 14.3 Å². The Morgan fingerprint density at radius 2 is 1.94 bits per heavy atom. The molecule has 1 aliphatic rings. The molecule has 2 atom stereocenters. The van der Waals surface area contributed by atoms with Gasteiger partial charge < -0.3 is 9.84 Å². The van der Waals surface area contributed by atoms with Crippen molar-refractivity contribution >= 4 is 35.9 Å². The van der Waals surface area contributed by atoms with Gasteiger partial charge in [0.25, 0.3) is 0 Å². The number of hydrogen-bond donors (Lipinski definition) is 1. The molecular formula is C10H14Cl2O4. The van der Waals surface area contributed by atoms with Gasteiger partial charge in [-0.05, 0) is 11.3 Å². The molecular weight excluding hydrogens is 255 g/mol. The number of rotatable bonds is 3. The molecule has 0 saturated heterocycles. The van der Waals surface area contributed by atoms with Crippen LogP contribution < -0.4 is 0 Å². The van der Waals surface area contributed by atoms with Crippen molar-refractivity contribution in [3.05, 3.63) is 11.1 Å². The molecule has 92 valence electrons. The number of carboxylic acids is 1. The largest absolute Gasteiger partial charge is 0.481 e. The van der Waals surface area contributed by atoms with E-state index in [2.05, 4.69) is 4.74 Å². The molecule has 1 saturated carbocycles. The van der Waals surface area contributed by atoms with Crippen molar-refractivity contribution < 1.29 is 19.4 Å². The molecule has 1 rings (SSSR count). The number of allylic oxidation sites excluding steroid dienone is 1. The number of methoxy groups -OCH3 is 1. The van der Waals surface area contributed by atoms with Crippen LogP contribution in [0.3, 0.4) is 0 Å². The maximum atomic E-state index is 11.0. The second-order valence-corrected chi connectivity index (χ2v) is 4.58. The number of carboxylic acid groups (broad SMARTS) is 1. The molecule has 0 spiro atoms. The number of esters is 1. The Kier molecular flexibility index (Phi) is 4.83. The quantitative estimate of drug-likeness (QED) is 0.629. The van der Waals surface area contributed by atoms with E-state index in [1.807, 2.05) is 13.8 Å². The monoisotopic (exact) mass is 268 g/mol. The summed E-state index contributed by atoms with van der Waals surface area (Å²) in [5.74, 6) is -2.18. The second-order valence-electron chi connectivity index (χ2n) is 4.17. The fourth-order valence-electron chi connectivity index (χ4n) is 1.78. The summed E-state index contributed by atoms with van der Waals surface area (Å²) < 4.78 is 4.42. The van der Waals surface area contributed by atoms with Crippen LogP contribution >= 0.6 is 24.0 Å². The highest BCUT2D eigenvalue weighted by Gasteiger charge is 2.61. The fraction of sp³-hybridized carbons (Fsp3) is 0.600. The van der Waals surface area contributed by atoms with Crippen molar-refractivity contribution in [2.24, 2.45) is 17.3 Å². The minimum Gasteiger partial charge on any atom is -0.481 e. The van der Waals surface area contributed by atoms with Crippen LogP contribution in [0, 0.1) is 17.3 Å². The van der Waals surface area contributed by atoms with E-state index in [0.29, 0.717) is 0 Å². The number of ether oxygens (including phenoxy) is 1. The highest BCUT2D eigenvalue weighted by molar-refractivity contribution is 6.41. The summed E-state index contributed by atoms with van der Waals surface area (Å²) in [7, 11) is 1.23. The molecule has 4 nitrogen and oxygen atoms in total. The topological polar surface area (TPSA) is 63.6 Å². The highest BCUT2D eigenvalue weighted by atomic mass is 35.5. The van der Waals surface area contributed by atoms with Gasteiger partial charge in [-0.15, -0.1) is 12.4 Å². The van der Waals surface area contributed by atoms with Crippen LogP contribution in [0.5, 0.6) is 0 Å². The Bertz CT molecular complexity index is 336. The van der Waals surface area contributed by atoms with Gasteiger partial charge in [-0.25, -0.2) is 4.79 Å². The zero-order valence-corrected chi connectivity index (χ0v) is 10.8. The fourth-order valence-corrected chi connectivity index (χ4v) is 2.00. The van der Waals surface area contributed by atoms with Crippen molar-refractivity contribution in [3.8, 4) is 0 Å². The molecule has 0 aromatic rings.